The van der Waals surface area contributed by atoms with Crippen molar-refractivity contribution >= 4 is 25.8 Å². The average Bonchev–Trinajstić information content (AvgIpc) is 2.92. The Morgan fingerprint density at radius 2 is 0.775 bits per heavy atom. The summed E-state index contributed by atoms with van der Waals surface area (Å²) in [7, 11) is -7.49. The quantitative estimate of drug-likeness (QED) is 0.0763. The van der Waals surface area contributed by atoms with Crippen LogP contribution in [0.3, 0.4) is 0 Å². The molecule has 0 atom stereocenters. The van der Waals surface area contributed by atoms with E-state index in [0.29, 0.717) is 24.7 Å². The van der Waals surface area contributed by atoms with Crippen molar-refractivity contribution in [2.24, 2.45) is 0 Å². The van der Waals surface area contributed by atoms with Crippen LogP contribution in [0, 0.1) is 0 Å². The summed E-state index contributed by atoms with van der Waals surface area (Å²) in [5, 5.41) is 0.534. The summed E-state index contributed by atoms with van der Waals surface area (Å²) in [5.41, 5.74) is 0. The molecule has 0 unspecified atom stereocenters. The highest BCUT2D eigenvalue weighted by molar-refractivity contribution is 7.63. The first kappa shape index (κ1) is 37.1. The van der Waals surface area contributed by atoms with Crippen molar-refractivity contribution in [3.05, 3.63) is 12.1 Å². The van der Waals surface area contributed by atoms with Crippen LogP contribution in [-0.2, 0) is 27.2 Å². The molecule has 0 aliphatic carbocycles. The molecule has 0 N–H and O–H groups in total. The van der Waals surface area contributed by atoms with Gasteiger partial charge in [-0.25, -0.2) is 0 Å². The third-order valence-corrected chi connectivity index (χ3v) is 10.6. The first-order valence-electron chi connectivity index (χ1n) is 15.6. The summed E-state index contributed by atoms with van der Waals surface area (Å²) < 4.78 is 63.1. The summed E-state index contributed by atoms with van der Waals surface area (Å²) in [4.78, 5) is 0. The van der Waals surface area contributed by atoms with Crippen molar-refractivity contribution in [3.63, 3.8) is 0 Å². The second-order valence-corrected chi connectivity index (χ2v) is 13.7. The summed E-state index contributed by atoms with van der Waals surface area (Å²) in [5.74, 6) is 0.584. The van der Waals surface area contributed by atoms with Gasteiger partial charge in [-0.05, 0) is 40.5 Å². The molecule has 234 valence electrons. The first-order chi connectivity index (χ1) is 19.4. The van der Waals surface area contributed by atoms with Gasteiger partial charge in [0.1, 0.15) is 22.1 Å². The summed E-state index contributed by atoms with van der Waals surface area (Å²) in [6, 6.07) is 3.19. The van der Waals surface area contributed by atoms with Crippen molar-refractivity contribution in [2.45, 2.75) is 119 Å². The molecule has 0 aromatic heterocycles. The Morgan fingerprint density at radius 3 is 1.07 bits per heavy atom. The lowest BCUT2D eigenvalue weighted by molar-refractivity contribution is 0.225. The van der Waals surface area contributed by atoms with E-state index in [2.05, 4.69) is 13.8 Å². The maximum absolute atomic E-state index is 14.0. The van der Waals surface area contributed by atoms with Crippen molar-refractivity contribution in [3.8, 4) is 11.5 Å². The predicted octanol–water partition coefficient (Wildman–Crippen LogP) is 8.95. The Morgan fingerprint density at radius 1 is 0.475 bits per heavy atom. The zero-order valence-electron chi connectivity index (χ0n) is 26.0. The van der Waals surface area contributed by atoms with Crippen LogP contribution in [-0.4, -0.2) is 39.6 Å². The van der Waals surface area contributed by atoms with Crippen molar-refractivity contribution in [1.29, 1.82) is 0 Å². The Balaban J connectivity index is 3.43. The number of rotatable bonds is 26. The van der Waals surface area contributed by atoms with Gasteiger partial charge in [-0.15, -0.1) is 0 Å². The number of ether oxygens (including phenoxy) is 2. The Labute approximate surface area is 244 Å². The standard InChI is InChI=1S/C30H56O8P2/c1-7-13-15-17-19-21-23-33-27-25-30(40(32,37-11-5)38-12-6)28(34-24-22-20-18-16-14-8-2)26-29(27)39(31,35-9-3)36-10-4/h25-26H,7-24H2,1-6H3. The van der Waals surface area contributed by atoms with Crippen LogP contribution in [0.4, 0.5) is 0 Å². The SMILES string of the molecule is CCCCCCCCOc1cc(P(=O)(OCC)OCC)c(OCCCCCCCC)cc1P(=O)(OCC)OCC. The molecule has 0 saturated heterocycles. The summed E-state index contributed by atoms with van der Waals surface area (Å²) in [6.45, 7) is 13.1. The van der Waals surface area contributed by atoms with E-state index in [9.17, 15) is 9.13 Å². The molecule has 1 aromatic rings. The van der Waals surface area contributed by atoms with E-state index >= 15 is 0 Å². The summed E-state index contributed by atoms with van der Waals surface area (Å²) in [6.07, 6.45) is 13.3. The normalized spacial score (nSPS) is 12.2. The van der Waals surface area contributed by atoms with Crippen LogP contribution >= 0.6 is 15.2 Å². The summed E-state index contributed by atoms with van der Waals surface area (Å²) >= 11 is 0. The van der Waals surface area contributed by atoms with Crippen molar-refractivity contribution in [1.82, 2.24) is 0 Å². The fraction of sp³-hybridized carbons (Fsp3) is 0.800. The molecule has 1 aromatic carbocycles. The van der Waals surface area contributed by atoms with Crippen LogP contribution in [0.1, 0.15) is 119 Å². The molecular weight excluding hydrogens is 550 g/mol. The minimum absolute atomic E-state index is 0.195. The highest BCUT2D eigenvalue weighted by Crippen LogP contribution is 2.54. The Kier molecular flexibility index (Phi) is 20.2. The van der Waals surface area contributed by atoms with Gasteiger partial charge in [-0.3, -0.25) is 9.13 Å². The van der Waals surface area contributed by atoms with Gasteiger partial charge in [-0.2, -0.15) is 0 Å². The molecule has 40 heavy (non-hydrogen) atoms. The molecule has 1 rings (SSSR count). The molecule has 0 spiro atoms. The minimum Gasteiger partial charge on any atom is -0.493 e. The lowest BCUT2D eigenvalue weighted by Crippen LogP contribution is -2.22. The Bertz CT molecular complexity index is 801. The lowest BCUT2D eigenvalue weighted by Gasteiger charge is -2.25. The maximum Gasteiger partial charge on any atom is 0.365 e. The highest BCUT2D eigenvalue weighted by atomic mass is 31.2. The molecule has 0 radical (unpaired) electrons. The average molecular weight is 607 g/mol. The van der Waals surface area contributed by atoms with Gasteiger partial charge in [0.05, 0.1) is 39.6 Å². The van der Waals surface area contributed by atoms with Crippen LogP contribution in [0.25, 0.3) is 0 Å². The zero-order valence-corrected chi connectivity index (χ0v) is 27.8. The van der Waals surface area contributed by atoms with Gasteiger partial charge in [0.2, 0.25) is 0 Å². The molecule has 0 aliphatic rings. The van der Waals surface area contributed by atoms with Gasteiger partial charge in [0, 0.05) is 12.1 Å². The highest BCUT2D eigenvalue weighted by Gasteiger charge is 2.37. The topological polar surface area (TPSA) is 89.5 Å². The first-order valence-corrected chi connectivity index (χ1v) is 18.7. The molecule has 0 aliphatic heterocycles. The van der Waals surface area contributed by atoms with Gasteiger partial charge in [0.15, 0.2) is 0 Å². The molecule has 0 saturated carbocycles. The second-order valence-electron chi connectivity index (χ2n) is 9.69. The fourth-order valence-electron chi connectivity index (χ4n) is 4.36. The molecule has 0 amide bonds. The minimum atomic E-state index is -3.74. The van der Waals surface area contributed by atoms with Gasteiger partial charge >= 0.3 is 15.2 Å². The van der Waals surface area contributed by atoms with Crippen LogP contribution in [0.15, 0.2) is 12.1 Å². The third-order valence-electron chi connectivity index (χ3n) is 6.34. The van der Waals surface area contributed by atoms with Crippen LogP contribution in [0.2, 0.25) is 0 Å². The molecule has 0 fully saturated rings. The van der Waals surface area contributed by atoms with E-state index in [0.717, 1.165) is 38.5 Å². The fourth-order valence-corrected chi connectivity index (χ4v) is 7.77. The van der Waals surface area contributed by atoms with Gasteiger partial charge < -0.3 is 27.6 Å². The van der Waals surface area contributed by atoms with Crippen molar-refractivity contribution in [2.75, 3.05) is 39.6 Å². The monoisotopic (exact) mass is 606 g/mol. The van der Waals surface area contributed by atoms with E-state index < -0.39 is 15.2 Å². The molecular formula is C30H56O8P2. The molecule has 8 nitrogen and oxygen atoms in total. The molecule has 0 heterocycles. The number of hydrogen-bond donors (Lipinski definition) is 0. The Hall–Kier alpha value is -0.880. The molecule has 0 bridgehead atoms. The van der Waals surface area contributed by atoms with Crippen LogP contribution in [0.5, 0.6) is 11.5 Å². The van der Waals surface area contributed by atoms with Crippen LogP contribution < -0.4 is 20.1 Å². The second kappa shape index (κ2) is 21.8. The van der Waals surface area contributed by atoms with E-state index in [4.69, 9.17) is 27.6 Å². The number of benzene rings is 1. The van der Waals surface area contributed by atoms with E-state index in [-0.39, 0.29) is 37.0 Å². The van der Waals surface area contributed by atoms with Gasteiger partial charge in [0.25, 0.3) is 0 Å². The van der Waals surface area contributed by atoms with Crippen molar-refractivity contribution < 1.29 is 36.7 Å². The maximum atomic E-state index is 14.0. The lowest BCUT2D eigenvalue weighted by atomic mass is 10.1. The van der Waals surface area contributed by atoms with E-state index in [1.165, 1.54) is 38.5 Å². The number of hydrogen-bond acceptors (Lipinski definition) is 8. The smallest absolute Gasteiger partial charge is 0.365 e. The van der Waals surface area contributed by atoms with E-state index in [1.54, 1.807) is 39.8 Å². The largest absolute Gasteiger partial charge is 0.493 e. The zero-order chi connectivity index (χ0) is 29.7. The van der Waals surface area contributed by atoms with E-state index in [1.807, 2.05) is 0 Å². The predicted molar refractivity (Wildman–Crippen MR) is 165 cm³/mol. The van der Waals surface area contributed by atoms with Gasteiger partial charge in [-0.1, -0.05) is 78.1 Å². The number of unbranched alkanes of at least 4 members (excludes halogenated alkanes) is 10. The third kappa shape index (κ3) is 13.0. The molecule has 10 heteroatoms.